The number of fused-ring (bicyclic) bond motifs is 2. The molecule has 0 fully saturated rings. The van der Waals surface area contributed by atoms with Crippen molar-refractivity contribution in [1.29, 1.82) is 0 Å². The number of para-hydroxylation sites is 1. The molecule has 1 aliphatic heterocycles. The Balaban J connectivity index is 2.23. The molecule has 4 nitrogen and oxygen atoms in total. The maximum atomic E-state index is 12.5. The van der Waals surface area contributed by atoms with Crippen LogP contribution in [0, 0.1) is 0 Å². The molecule has 1 amide bonds. The monoisotopic (exact) mass is 239 g/mol. The number of anilines is 3. The maximum absolute atomic E-state index is 12.5. The quantitative estimate of drug-likeness (QED) is 0.832. The van der Waals surface area contributed by atoms with Crippen LogP contribution in [0.25, 0.3) is 0 Å². The maximum Gasteiger partial charge on any atom is 0.260 e. The van der Waals surface area contributed by atoms with Gasteiger partial charge in [-0.05, 0) is 25.1 Å². The van der Waals surface area contributed by atoms with Gasteiger partial charge < -0.3 is 10.2 Å². The normalized spacial score (nSPS) is 13.4. The Morgan fingerprint density at radius 1 is 1.22 bits per heavy atom. The third-order valence-corrected chi connectivity index (χ3v) is 3.08. The topological polar surface area (TPSA) is 45.2 Å². The van der Waals surface area contributed by atoms with Gasteiger partial charge in [0.2, 0.25) is 0 Å². The number of hydrogen-bond acceptors (Lipinski definition) is 3. The molecule has 0 saturated carbocycles. The molecule has 0 radical (unpaired) electrons. The van der Waals surface area contributed by atoms with Gasteiger partial charge in [-0.15, -0.1) is 0 Å². The molecule has 1 aromatic heterocycles. The highest BCUT2D eigenvalue weighted by atomic mass is 16.2. The van der Waals surface area contributed by atoms with Crippen molar-refractivity contribution in [2.45, 2.75) is 6.92 Å². The van der Waals surface area contributed by atoms with E-state index in [1.165, 1.54) is 0 Å². The van der Waals surface area contributed by atoms with Crippen LogP contribution >= 0.6 is 0 Å². The predicted octanol–water partition coefficient (Wildman–Crippen LogP) is 2.81. The van der Waals surface area contributed by atoms with Gasteiger partial charge in [0.05, 0.1) is 28.8 Å². The van der Waals surface area contributed by atoms with Gasteiger partial charge in [0, 0.05) is 12.7 Å². The second-order valence-electron chi connectivity index (χ2n) is 4.11. The van der Waals surface area contributed by atoms with Crippen LogP contribution in [0.15, 0.2) is 42.7 Å². The molecule has 2 aromatic rings. The summed E-state index contributed by atoms with van der Waals surface area (Å²) in [6, 6.07) is 9.39. The van der Waals surface area contributed by atoms with E-state index >= 15 is 0 Å². The number of pyridine rings is 1. The number of carbonyl (C=O) groups is 1. The van der Waals surface area contributed by atoms with E-state index in [1.807, 2.05) is 37.3 Å². The largest absolute Gasteiger partial charge is 0.352 e. The Hall–Kier alpha value is -2.36. The number of benzene rings is 1. The lowest BCUT2D eigenvalue weighted by Gasteiger charge is -2.20. The van der Waals surface area contributed by atoms with Gasteiger partial charge in [0.25, 0.3) is 5.91 Å². The lowest BCUT2D eigenvalue weighted by molar-refractivity contribution is 0.0990. The molecule has 90 valence electrons. The van der Waals surface area contributed by atoms with Crippen molar-refractivity contribution in [3.8, 4) is 0 Å². The van der Waals surface area contributed by atoms with Crippen LogP contribution in [0.2, 0.25) is 0 Å². The fourth-order valence-electron chi connectivity index (χ4n) is 2.21. The second-order valence-corrected chi connectivity index (χ2v) is 4.11. The van der Waals surface area contributed by atoms with Gasteiger partial charge >= 0.3 is 0 Å². The van der Waals surface area contributed by atoms with Crippen LogP contribution in [-0.4, -0.2) is 17.4 Å². The second kappa shape index (κ2) is 4.14. The van der Waals surface area contributed by atoms with E-state index in [1.54, 1.807) is 17.3 Å². The summed E-state index contributed by atoms with van der Waals surface area (Å²) in [6.07, 6.45) is 3.44. The number of aromatic nitrogens is 1. The third-order valence-electron chi connectivity index (χ3n) is 3.08. The number of hydrogen-bond donors (Lipinski definition) is 1. The van der Waals surface area contributed by atoms with Gasteiger partial charge in [0.15, 0.2) is 0 Å². The lowest BCUT2D eigenvalue weighted by Crippen LogP contribution is -2.29. The minimum Gasteiger partial charge on any atom is -0.352 e. The summed E-state index contributed by atoms with van der Waals surface area (Å²) >= 11 is 0. The summed E-state index contributed by atoms with van der Waals surface area (Å²) in [5, 5.41) is 3.27. The number of rotatable bonds is 1. The standard InChI is InChI=1S/C14H13N3O/c1-2-17-13-7-8-15-9-12(13)16-11-6-4-3-5-10(11)14(17)18/h3-9,16H,2H2,1H3. The molecule has 0 bridgehead atoms. The number of carbonyl (C=O) groups excluding carboxylic acids is 1. The smallest absolute Gasteiger partial charge is 0.260 e. The molecular formula is C14H13N3O. The van der Waals surface area contributed by atoms with Crippen molar-refractivity contribution >= 4 is 23.0 Å². The average Bonchev–Trinajstić information content (AvgIpc) is 2.53. The van der Waals surface area contributed by atoms with E-state index in [2.05, 4.69) is 10.3 Å². The van der Waals surface area contributed by atoms with E-state index in [4.69, 9.17) is 0 Å². The van der Waals surface area contributed by atoms with Crippen molar-refractivity contribution in [1.82, 2.24) is 4.98 Å². The first-order chi connectivity index (χ1) is 8.81. The number of nitrogens with zero attached hydrogens (tertiary/aromatic N) is 2. The van der Waals surface area contributed by atoms with Crippen molar-refractivity contribution in [3.63, 3.8) is 0 Å². The first-order valence-electron chi connectivity index (χ1n) is 5.93. The van der Waals surface area contributed by atoms with Crippen LogP contribution in [0.1, 0.15) is 17.3 Å². The molecule has 4 heteroatoms. The first kappa shape index (κ1) is 10.8. The van der Waals surface area contributed by atoms with Crippen molar-refractivity contribution in [2.75, 3.05) is 16.8 Å². The fraction of sp³-hybridized carbons (Fsp3) is 0.143. The number of amides is 1. The Bertz CT molecular complexity index is 609. The fourth-order valence-corrected chi connectivity index (χ4v) is 2.21. The Morgan fingerprint density at radius 3 is 2.89 bits per heavy atom. The first-order valence-corrected chi connectivity index (χ1v) is 5.93. The van der Waals surface area contributed by atoms with Crippen LogP contribution in [-0.2, 0) is 0 Å². The van der Waals surface area contributed by atoms with Gasteiger partial charge in [-0.3, -0.25) is 9.78 Å². The SMILES string of the molecule is CCN1C(=O)c2ccccc2Nc2cnccc21. The molecule has 0 spiro atoms. The molecular weight excluding hydrogens is 226 g/mol. The molecule has 1 aromatic carbocycles. The summed E-state index contributed by atoms with van der Waals surface area (Å²) in [6.45, 7) is 2.60. The zero-order valence-corrected chi connectivity index (χ0v) is 10.1. The molecule has 2 heterocycles. The van der Waals surface area contributed by atoms with Crippen LogP contribution in [0.4, 0.5) is 17.1 Å². The predicted molar refractivity (Wildman–Crippen MR) is 71.3 cm³/mol. The minimum absolute atomic E-state index is 0.0190. The zero-order valence-electron chi connectivity index (χ0n) is 10.1. The molecule has 0 saturated heterocycles. The van der Waals surface area contributed by atoms with Gasteiger partial charge in [-0.2, -0.15) is 0 Å². The molecule has 0 unspecified atom stereocenters. The summed E-state index contributed by atoms with van der Waals surface area (Å²) in [7, 11) is 0. The number of nitrogens with one attached hydrogen (secondary N) is 1. The summed E-state index contributed by atoms with van der Waals surface area (Å²) in [5.41, 5.74) is 3.25. The van der Waals surface area contributed by atoms with E-state index < -0.39 is 0 Å². The highest BCUT2D eigenvalue weighted by Crippen LogP contribution is 2.34. The Labute approximate surface area is 105 Å². The van der Waals surface area contributed by atoms with E-state index in [0.717, 1.165) is 17.1 Å². The third kappa shape index (κ3) is 1.54. The van der Waals surface area contributed by atoms with Crippen LogP contribution < -0.4 is 10.2 Å². The van der Waals surface area contributed by atoms with Crippen molar-refractivity contribution in [2.24, 2.45) is 0 Å². The van der Waals surface area contributed by atoms with Crippen LogP contribution in [0.5, 0.6) is 0 Å². The lowest BCUT2D eigenvalue weighted by atomic mass is 10.1. The van der Waals surface area contributed by atoms with Gasteiger partial charge in [-0.25, -0.2) is 0 Å². The zero-order chi connectivity index (χ0) is 12.5. The summed E-state index contributed by atoms with van der Waals surface area (Å²) < 4.78 is 0. The summed E-state index contributed by atoms with van der Waals surface area (Å²) in [5.74, 6) is 0.0190. The van der Waals surface area contributed by atoms with E-state index in [0.29, 0.717) is 12.1 Å². The van der Waals surface area contributed by atoms with Crippen molar-refractivity contribution in [3.05, 3.63) is 48.3 Å². The average molecular weight is 239 g/mol. The highest BCUT2D eigenvalue weighted by Gasteiger charge is 2.24. The Kier molecular flexibility index (Phi) is 2.48. The molecule has 3 rings (SSSR count). The molecule has 0 aliphatic carbocycles. The van der Waals surface area contributed by atoms with Crippen molar-refractivity contribution < 1.29 is 4.79 Å². The molecule has 18 heavy (non-hydrogen) atoms. The van der Waals surface area contributed by atoms with E-state index in [-0.39, 0.29) is 5.91 Å². The van der Waals surface area contributed by atoms with Crippen LogP contribution in [0.3, 0.4) is 0 Å². The highest BCUT2D eigenvalue weighted by molar-refractivity contribution is 6.13. The van der Waals surface area contributed by atoms with E-state index in [9.17, 15) is 4.79 Å². The molecule has 0 atom stereocenters. The molecule has 1 N–H and O–H groups in total. The minimum atomic E-state index is 0.0190. The molecule has 1 aliphatic rings. The Morgan fingerprint density at radius 2 is 2.06 bits per heavy atom. The van der Waals surface area contributed by atoms with Gasteiger partial charge in [0.1, 0.15) is 0 Å². The summed E-state index contributed by atoms with van der Waals surface area (Å²) in [4.78, 5) is 18.4. The van der Waals surface area contributed by atoms with Gasteiger partial charge in [-0.1, -0.05) is 12.1 Å².